The number of hydrogen-bond donors (Lipinski definition) is 30. The lowest BCUT2D eigenvalue weighted by Gasteiger charge is -2.27. The third kappa shape index (κ3) is 34.0. The van der Waals surface area contributed by atoms with Crippen LogP contribution < -0.4 is 120 Å². The van der Waals surface area contributed by atoms with Crippen molar-refractivity contribution in [2.75, 3.05) is 26.2 Å². The minimum absolute atomic E-state index is 0.00594. The summed E-state index contributed by atoms with van der Waals surface area (Å²) in [5, 5.41) is 89.4. The van der Waals surface area contributed by atoms with E-state index >= 15 is 0 Å². The number of carbonyl (C=O) groups excluding carboxylic acids is 12. The van der Waals surface area contributed by atoms with Gasteiger partial charge in [0.25, 0.3) is 0 Å². The molecule has 0 fully saturated rings. The highest BCUT2D eigenvalue weighted by Gasteiger charge is 2.37. The molecule has 42 heteroatoms. The van der Waals surface area contributed by atoms with E-state index in [-0.39, 0.29) is 177 Å². The average Bonchev–Trinajstić information content (AvgIpc) is 1.68. The molecule has 0 bridgehead atoms. The molecule has 6 rings (SSSR count). The van der Waals surface area contributed by atoms with Crippen LogP contribution in [0.25, 0.3) is 21.8 Å². The van der Waals surface area contributed by atoms with Gasteiger partial charge in [-0.2, -0.15) is 0 Å². The van der Waals surface area contributed by atoms with Gasteiger partial charge in [-0.15, -0.1) is 0 Å². The van der Waals surface area contributed by atoms with Crippen molar-refractivity contribution < 1.29 is 67.7 Å². The first-order valence-corrected chi connectivity index (χ1v) is 41.2. The van der Waals surface area contributed by atoms with E-state index in [1.165, 1.54) is 48.5 Å². The first-order chi connectivity index (χ1) is 59.1. The number of unbranched alkanes of at least 4 members (excludes halogenated alkanes) is 1. The van der Waals surface area contributed by atoms with Crippen molar-refractivity contribution in [3.05, 3.63) is 132 Å². The molecule has 12 amide bonds. The smallest absolute Gasteiger partial charge is 0.243 e. The summed E-state index contributed by atoms with van der Waals surface area (Å²) in [6, 6.07) is 10.1. The number of aromatic hydroxyl groups is 2. The Labute approximate surface area is 717 Å². The second kappa shape index (κ2) is 51.1. The lowest BCUT2D eigenvalue weighted by molar-refractivity contribution is -0.135. The van der Waals surface area contributed by atoms with Gasteiger partial charge >= 0.3 is 0 Å². The number of nitrogens with two attached hydrogens (primary N) is 8. The lowest BCUT2D eigenvalue weighted by Crippen LogP contribution is -2.59. The van der Waals surface area contributed by atoms with Crippen LogP contribution in [0.2, 0.25) is 0 Å². The summed E-state index contributed by atoms with van der Waals surface area (Å²) in [6.45, 7) is 3.85. The van der Waals surface area contributed by atoms with Gasteiger partial charge in [-0.25, -0.2) is 0 Å². The molecule has 0 aliphatic carbocycles. The van der Waals surface area contributed by atoms with Crippen LogP contribution >= 0.6 is 0 Å². The van der Waals surface area contributed by atoms with Crippen LogP contribution in [0.1, 0.15) is 139 Å². The summed E-state index contributed by atoms with van der Waals surface area (Å²) in [5.41, 5.74) is 50.5. The zero-order valence-corrected chi connectivity index (χ0v) is 69.7. The van der Waals surface area contributed by atoms with Crippen LogP contribution in [-0.4, -0.2) is 214 Å². The molecule has 124 heavy (non-hydrogen) atoms. The molecule has 0 saturated carbocycles. The summed E-state index contributed by atoms with van der Waals surface area (Å²) in [7, 11) is 0. The van der Waals surface area contributed by atoms with Gasteiger partial charge in [0.2, 0.25) is 70.9 Å². The molecule has 0 spiro atoms. The number of primary amides is 2. The monoisotopic (exact) mass is 1720 g/mol. The fourth-order valence-electron chi connectivity index (χ4n) is 13.7. The molecule has 42 nitrogen and oxygen atoms in total. The van der Waals surface area contributed by atoms with Crippen molar-refractivity contribution in [2.45, 2.75) is 215 Å². The maximum absolute atomic E-state index is 14.9. The van der Waals surface area contributed by atoms with E-state index in [1.54, 1.807) is 50.5 Å². The van der Waals surface area contributed by atoms with Crippen molar-refractivity contribution in [1.82, 2.24) is 84.4 Å². The number of nitrogens with one attached hydrogen (secondary N) is 20. The SMILES string of the molecule is CCC[C@H](NC(=O)[C@H](CCCNC(=N)N)NC(=O)[C@H](Cc1c[nH]c2ccccc12)NC(=O)[C@H](N)CCCC[C@@H](N)C(=O)N[C@@H](Cc1c[nH]c2ccccc12)C(=O)N[C@@H](CCCNC(=N)N)C(=O)N[C@@H](CCC)C(=O)N[C@@H](CCCNC(=N)N)C(=O)N[C@@H](Cc1ccc(O)cc1)C(N)=O)C(=O)N[C@@H](CCCNC(=N)N)C(=O)N[C@@H](Cc1ccc(O)cc1)C(N)=O. The molecule has 0 radical (unpaired) electrons. The van der Waals surface area contributed by atoms with E-state index in [4.69, 9.17) is 67.5 Å². The minimum Gasteiger partial charge on any atom is -0.508 e. The number of guanidine groups is 4. The predicted molar refractivity (Wildman–Crippen MR) is 466 cm³/mol. The summed E-state index contributed by atoms with van der Waals surface area (Å²) in [6.07, 6.45) is 4.30. The van der Waals surface area contributed by atoms with Crippen molar-refractivity contribution in [1.29, 1.82) is 21.6 Å². The quantitative estimate of drug-likeness (QED) is 0.0103. The van der Waals surface area contributed by atoms with Crippen LogP contribution in [0, 0.1) is 21.6 Å². The molecule has 0 unspecified atom stereocenters. The number of carbonyl (C=O) groups is 12. The van der Waals surface area contributed by atoms with Crippen molar-refractivity contribution in [3.63, 3.8) is 0 Å². The standard InChI is InChI=1S/C82H122N28O14/c1-3-15-57(71(117)103-61(25-13-37-97-81(91)92)75(121)107-63(67(85)113)39-45-27-31-49(111)32-28-45)101-73(119)59(23-11-35-95-79(87)88)105-77(123)65(41-47-43-99-55-21-9-5-17-51(47)55)109-69(115)53(83)19-7-8-20-54(84)70(116)110-66(42-48-44-100-56-22-10-6-18-52(48)56)78(124)106-60(24-12-36-96-80(89)90)74(120)102-58(16-4-2)72(118)104-62(26-14-38-98-82(93)94)76(122)108-64(68(86)114)40-46-29-33-50(112)34-30-46/h5-6,9-10,17-18,21-22,27-34,43-44,53-54,57-66,99-100,111-112H,3-4,7-8,11-16,19-20,23-26,35-42,83-84H2,1-2H3,(H2,85,113)(H2,86,114)(H,101,119)(H,102,120)(H,103,117)(H,104,118)(H,105,123)(H,106,124)(H,107,121)(H,108,122)(H,109,115)(H,110,116)(H4,87,88,95)(H4,89,90,96)(H4,91,92,97)(H4,93,94,98)/t53-,54-,57+,58+,59+,60+,61+,62+,63+,64+,65+,66+/m1/s1. The number of phenols is 2. The van der Waals surface area contributed by atoms with Gasteiger partial charge in [0.15, 0.2) is 23.8 Å². The van der Waals surface area contributed by atoms with Crippen LogP contribution in [-0.2, 0) is 83.2 Å². The highest BCUT2D eigenvalue weighted by molar-refractivity contribution is 5.99. The Hall–Kier alpha value is -13.8. The van der Waals surface area contributed by atoms with Crippen LogP contribution in [0.3, 0.4) is 0 Å². The highest BCUT2D eigenvalue weighted by Crippen LogP contribution is 2.23. The topological polar surface area (TPSA) is 749 Å². The van der Waals surface area contributed by atoms with Gasteiger partial charge < -0.3 is 140 Å². The number of rotatable bonds is 55. The minimum atomic E-state index is -1.42. The first-order valence-electron chi connectivity index (χ1n) is 41.2. The molecule has 2 aromatic heterocycles. The summed E-state index contributed by atoms with van der Waals surface area (Å²) < 4.78 is 0. The van der Waals surface area contributed by atoms with E-state index < -0.39 is 143 Å². The van der Waals surface area contributed by atoms with Crippen LogP contribution in [0.15, 0.2) is 109 Å². The van der Waals surface area contributed by atoms with Crippen LogP contribution in [0.5, 0.6) is 11.5 Å². The number of amides is 12. The van der Waals surface area contributed by atoms with Gasteiger partial charge in [0.1, 0.15) is 71.9 Å². The van der Waals surface area contributed by atoms with E-state index in [1.807, 2.05) is 24.3 Å². The van der Waals surface area contributed by atoms with Gasteiger partial charge in [0.05, 0.1) is 12.1 Å². The van der Waals surface area contributed by atoms with Crippen molar-refractivity contribution in [3.8, 4) is 11.5 Å². The third-order valence-corrected chi connectivity index (χ3v) is 20.4. The largest absolute Gasteiger partial charge is 0.508 e. The number of hydrogen-bond acceptors (Lipinski definition) is 20. The number of aromatic nitrogens is 2. The number of phenolic OH excluding ortho intramolecular Hbond substituents is 2. The molecule has 0 saturated heterocycles. The number of fused-ring (bicyclic) bond motifs is 2. The maximum Gasteiger partial charge on any atom is 0.243 e. The predicted octanol–water partition coefficient (Wildman–Crippen LogP) is -2.98. The molecular formula is C82H122N28O14. The zero-order valence-electron chi connectivity index (χ0n) is 69.7. The lowest BCUT2D eigenvalue weighted by atomic mass is 10.0. The fraction of sp³-hybridized carbons (Fsp3) is 0.463. The van der Waals surface area contributed by atoms with Crippen molar-refractivity contribution >= 4 is 117 Å². The molecule has 2 heterocycles. The molecule has 0 aliphatic rings. The summed E-state index contributed by atoms with van der Waals surface area (Å²) >= 11 is 0. The molecule has 38 N–H and O–H groups in total. The van der Waals surface area contributed by atoms with Gasteiger partial charge in [0, 0.05) is 86.1 Å². The Morgan fingerprint density at radius 1 is 0.315 bits per heavy atom. The molecule has 12 atom stereocenters. The van der Waals surface area contributed by atoms with E-state index in [0.29, 0.717) is 56.9 Å². The Morgan fingerprint density at radius 3 is 0.831 bits per heavy atom. The van der Waals surface area contributed by atoms with Gasteiger partial charge in [-0.3, -0.25) is 79.2 Å². The first kappa shape index (κ1) is 99.0. The zero-order chi connectivity index (χ0) is 91.0. The second-order valence-corrected chi connectivity index (χ2v) is 30.3. The average molecular weight is 1720 g/mol. The Morgan fingerprint density at radius 2 is 0.565 bits per heavy atom. The Bertz CT molecular complexity index is 4330. The summed E-state index contributed by atoms with van der Waals surface area (Å²) in [4.78, 5) is 177. The highest BCUT2D eigenvalue weighted by atomic mass is 16.3. The third-order valence-electron chi connectivity index (χ3n) is 20.4. The number of para-hydroxylation sites is 2. The molecule has 6 aromatic rings. The molecule has 0 aliphatic heterocycles. The van der Waals surface area contributed by atoms with Crippen LogP contribution in [0.4, 0.5) is 0 Å². The van der Waals surface area contributed by atoms with Crippen molar-refractivity contribution in [2.24, 2.45) is 45.9 Å². The fourth-order valence-corrected chi connectivity index (χ4v) is 13.7. The number of benzene rings is 4. The number of aromatic amines is 2. The Balaban J connectivity index is 1.17. The normalized spacial score (nSPS) is 14.0. The van der Waals surface area contributed by atoms with E-state index in [0.717, 1.165) is 0 Å². The van der Waals surface area contributed by atoms with Gasteiger partial charge in [-0.1, -0.05) is 100 Å². The van der Waals surface area contributed by atoms with E-state index in [2.05, 4.69) is 84.4 Å². The Kier molecular flexibility index (Phi) is 40.8. The second-order valence-electron chi connectivity index (χ2n) is 30.3. The van der Waals surface area contributed by atoms with Gasteiger partial charge in [-0.05, 0) is 136 Å². The summed E-state index contributed by atoms with van der Waals surface area (Å²) in [5.74, 6) is -11.4. The number of H-pyrrole nitrogens is 2. The molecule has 4 aromatic carbocycles. The van der Waals surface area contributed by atoms with E-state index in [9.17, 15) is 67.7 Å². The maximum atomic E-state index is 14.9. The molecule has 674 valence electrons. The molecular weight excluding hydrogens is 1600 g/mol.